The molecule has 0 spiro atoms. The van der Waals surface area contributed by atoms with E-state index in [0.717, 1.165) is 0 Å². The van der Waals surface area contributed by atoms with E-state index in [1.165, 1.54) is 46.8 Å². The van der Waals surface area contributed by atoms with E-state index in [1.807, 2.05) is 0 Å². The van der Waals surface area contributed by atoms with Gasteiger partial charge in [-0.1, -0.05) is 37.6 Å². The van der Waals surface area contributed by atoms with Crippen LogP contribution in [0.15, 0.2) is 47.4 Å². The molecule has 1 amide bonds. The maximum atomic E-state index is 12.7. The molecule has 1 N–H and O–H groups in total. The highest BCUT2D eigenvalue weighted by atomic mass is 35.5. The molecule has 0 aliphatic carbocycles. The van der Waals surface area contributed by atoms with Crippen LogP contribution in [0, 0.1) is 10.1 Å². The molecule has 2 aromatic carbocycles. The van der Waals surface area contributed by atoms with Gasteiger partial charge >= 0.3 is 0 Å². The second-order valence-electron chi connectivity index (χ2n) is 5.84. The lowest BCUT2D eigenvalue weighted by atomic mass is 10.2. The third-order valence-electron chi connectivity index (χ3n) is 4.12. The van der Waals surface area contributed by atoms with Crippen molar-refractivity contribution in [1.29, 1.82) is 0 Å². The summed E-state index contributed by atoms with van der Waals surface area (Å²) in [5, 5.41) is 13.4. The Balaban J connectivity index is 2.19. The largest absolute Gasteiger partial charge is 0.348 e. The molecule has 0 radical (unpaired) electrons. The number of halogens is 1. The average molecular weight is 426 g/mol. The molecule has 0 unspecified atom stereocenters. The third-order valence-corrected chi connectivity index (χ3v) is 6.65. The van der Waals surface area contributed by atoms with Crippen molar-refractivity contribution in [3.8, 4) is 0 Å². The van der Waals surface area contributed by atoms with E-state index in [2.05, 4.69) is 5.32 Å². The van der Waals surface area contributed by atoms with Gasteiger partial charge in [-0.25, -0.2) is 8.42 Å². The van der Waals surface area contributed by atoms with Crippen molar-refractivity contribution in [2.24, 2.45) is 0 Å². The van der Waals surface area contributed by atoms with Crippen molar-refractivity contribution in [3.63, 3.8) is 0 Å². The molecule has 150 valence electrons. The van der Waals surface area contributed by atoms with E-state index >= 15 is 0 Å². The van der Waals surface area contributed by atoms with Crippen LogP contribution >= 0.6 is 11.6 Å². The Labute approximate surface area is 168 Å². The monoisotopic (exact) mass is 425 g/mol. The van der Waals surface area contributed by atoms with E-state index < -0.39 is 20.9 Å². The second kappa shape index (κ2) is 9.13. The van der Waals surface area contributed by atoms with E-state index in [9.17, 15) is 23.3 Å². The predicted octanol–water partition coefficient (Wildman–Crippen LogP) is 3.21. The number of rotatable bonds is 8. The number of sulfonamides is 1. The van der Waals surface area contributed by atoms with Crippen molar-refractivity contribution in [1.82, 2.24) is 9.62 Å². The summed E-state index contributed by atoms with van der Waals surface area (Å²) in [4.78, 5) is 22.5. The summed E-state index contributed by atoms with van der Waals surface area (Å²) < 4.78 is 26.7. The van der Waals surface area contributed by atoms with Gasteiger partial charge in [-0.2, -0.15) is 4.31 Å². The first-order valence-electron chi connectivity index (χ1n) is 8.52. The van der Waals surface area contributed by atoms with Gasteiger partial charge in [-0.15, -0.1) is 0 Å². The van der Waals surface area contributed by atoms with Gasteiger partial charge in [-0.3, -0.25) is 14.9 Å². The molecule has 0 bridgehead atoms. The summed E-state index contributed by atoms with van der Waals surface area (Å²) in [5.74, 6) is -0.481. The van der Waals surface area contributed by atoms with Gasteiger partial charge in [-0.05, 0) is 23.8 Å². The minimum absolute atomic E-state index is 0.0406. The highest BCUT2D eigenvalue weighted by molar-refractivity contribution is 7.89. The van der Waals surface area contributed by atoms with Crippen LogP contribution in [0.3, 0.4) is 0 Å². The molecule has 28 heavy (non-hydrogen) atoms. The Bertz CT molecular complexity index is 973. The van der Waals surface area contributed by atoms with Crippen molar-refractivity contribution >= 4 is 33.2 Å². The zero-order valence-corrected chi connectivity index (χ0v) is 17.0. The molecule has 8 nitrogen and oxygen atoms in total. The lowest BCUT2D eigenvalue weighted by Crippen LogP contribution is -2.31. The first kappa shape index (κ1) is 21.8. The third kappa shape index (κ3) is 4.86. The van der Waals surface area contributed by atoms with Gasteiger partial charge in [0.1, 0.15) is 4.90 Å². The maximum absolute atomic E-state index is 12.7. The van der Waals surface area contributed by atoms with E-state index in [0.29, 0.717) is 5.56 Å². The lowest BCUT2D eigenvalue weighted by Gasteiger charge is -2.19. The molecule has 10 heteroatoms. The van der Waals surface area contributed by atoms with Crippen LogP contribution in [0.1, 0.15) is 29.8 Å². The summed E-state index contributed by atoms with van der Waals surface area (Å²) in [7, 11) is -3.81. The molecular weight excluding hydrogens is 406 g/mol. The number of benzene rings is 2. The van der Waals surface area contributed by atoms with E-state index in [1.54, 1.807) is 13.8 Å². The minimum Gasteiger partial charge on any atom is -0.348 e. The summed E-state index contributed by atoms with van der Waals surface area (Å²) in [6, 6.07) is 9.83. The minimum atomic E-state index is -3.81. The van der Waals surface area contributed by atoms with Crippen molar-refractivity contribution < 1.29 is 18.1 Å². The van der Waals surface area contributed by atoms with Crippen LogP contribution in [0.5, 0.6) is 0 Å². The van der Waals surface area contributed by atoms with Crippen LogP contribution in [-0.4, -0.2) is 36.6 Å². The molecule has 0 heterocycles. The summed E-state index contributed by atoms with van der Waals surface area (Å²) in [6.45, 7) is 4.14. The first-order valence-corrected chi connectivity index (χ1v) is 10.3. The zero-order valence-electron chi connectivity index (χ0n) is 15.4. The average Bonchev–Trinajstić information content (AvgIpc) is 2.67. The Kier molecular flexibility index (Phi) is 7.11. The number of nitro groups is 1. The number of nitrogens with zero attached hydrogens (tertiary/aromatic N) is 2. The second-order valence-corrected chi connectivity index (χ2v) is 8.15. The van der Waals surface area contributed by atoms with E-state index in [-0.39, 0.29) is 40.8 Å². The standard InChI is InChI=1S/C18H20ClN3O5S/c1-3-21(4-2)28(26,27)17-11-14(7-10-16(17)19)18(23)20-12-13-5-8-15(9-6-13)22(24)25/h5-11H,3-4,12H2,1-2H3,(H,20,23). The molecular formula is C18H20ClN3O5S. The van der Waals surface area contributed by atoms with Gasteiger partial charge < -0.3 is 5.32 Å². The highest BCUT2D eigenvalue weighted by Gasteiger charge is 2.25. The number of hydrogen-bond donors (Lipinski definition) is 1. The van der Waals surface area contributed by atoms with Gasteiger partial charge in [0.05, 0.1) is 9.95 Å². The maximum Gasteiger partial charge on any atom is 0.269 e. The molecule has 0 saturated heterocycles. The number of non-ortho nitro benzene ring substituents is 1. The Hall–Kier alpha value is -2.49. The quantitative estimate of drug-likeness (QED) is 0.515. The highest BCUT2D eigenvalue weighted by Crippen LogP contribution is 2.26. The van der Waals surface area contributed by atoms with Crippen LogP contribution in [0.2, 0.25) is 5.02 Å². The molecule has 2 aromatic rings. The number of nitrogens with one attached hydrogen (secondary N) is 1. The fourth-order valence-corrected chi connectivity index (χ4v) is 4.52. The normalized spacial score (nSPS) is 11.4. The fourth-order valence-electron chi connectivity index (χ4n) is 2.56. The summed E-state index contributed by atoms with van der Waals surface area (Å²) in [6.07, 6.45) is 0. The summed E-state index contributed by atoms with van der Waals surface area (Å²) >= 11 is 6.06. The molecule has 0 aromatic heterocycles. The number of hydrogen-bond acceptors (Lipinski definition) is 5. The summed E-state index contributed by atoms with van der Waals surface area (Å²) in [5.41, 5.74) is 0.778. The predicted molar refractivity (Wildman–Crippen MR) is 106 cm³/mol. The molecule has 0 atom stereocenters. The molecule has 0 aliphatic heterocycles. The SMILES string of the molecule is CCN(CC)S(=O)(=O)c1cc(C(=O)NCc2ccc([N+](=O)[O-])cc2)ccc1Cl. The number of amides is 1. The number of nitro benzene ring substituents is 1. The topological polar surface area (TPSA) is 110 Å². The van der Waals surface area contributed by atoms with Gasteiger partial charge in [0.25, 0.3) is 11.6 Å². The van der Waals surface area contributed by atoms with Crippen molar-refractivity contribution in [2.45, 2.75) is 25.3 Å². The Morgan fingerprint density at radius 1 is 1.14 bits per heavy atom. The van der Waals surface area contributed by atoms with Crippen LogP contribution < -0.4 is 5.32 Å². The van der Waals surface area contributed by atoms with Crippen molar-refractivity contribution in [2.75, 3.05) is 13.1 Å². The van der Waals surface area contributed by atoms with Crippen molar-refractivity contribution in [3.05, 3.63) is 68.7 Å². The Morgan fingerprint density at radius 3 is 2.29 bits per heavy atom. The number of carbonyl (C=O) groups excluding carboxylic acids is 1. The smallest absolute Gasteiger partial charge is 0.269 e. The lowest BCUT2D eigenvalue weighted by molar-refractivity contribution is -0.384. The van der Waals surface area contributed by atoms with Gasteiger partial charge in [0.15, 0.2) is 0 Å². The first-order chi connectivity index (χ1) is 13.2. The van der Waals surface area contributed by atoms with Crippen LogP contribution in [0.25, 0.3) is 0 Å². The number of carbonyl (C=O) groups is 1. The van der Waals surface area contributed by atoms with Gasteiger partial charge in [0.2, 0.25) is 10.0 Å². The Morgan fingerprint density at radius 2 is 1.75 bits per heavy atom. The molecule has 0 aliphatic rings. The fraction of sp³-hybridized carbons (Fsp3) is 0.278. The van der Waals surface area contributed by atoms with Crippen LogP contribution in [0.4, 0.5) is 5.69 Å². The molecule has 2 rings (SSSR count). The van der Waals surface area contributed by atoms with Crippen LogP contribution in [-0.2, 0) is 16.6 Å². The zero-order chi connectivity index (χ0) is 20.9. The molecule has 0 saturated carbocycles. The van der Waals surface area contributed by atoms with Gasteiger partial charge in [0, 0.05) is 37.3 Å². The van der Waals surface area contributed by atoms with E-state index in [4.69, 9.17) is 11.6 Å². The molecule has 0 fully saturated rings.